The molecular formula is C15H11ClN4O3. The Balaban J connectivity index is 2.06. The van der Waals surface area contributed by atoms with Crippen molar-refractivity contribution in [3.8, 4) is 17.4 Å². The number of para-hydroxylation sites is 1. The standard InChI is InChI=1S/C15H11ClN4O3/c1-10-9-14(19(18-10)12-6-3-2-5-11(12)16)23-15-13(20(21)22)7-4-8-17-15/h2-9H,1H3. The molecular weight excluding hydrogens is 320 g/mol. The second-order valence-corrected chi connectivity index (χ2v) is 5.08. The molecule has 0 amide bonds. The summed E-state index contributed by atoms with van der Waals surface area (Å²) in [5.74, 6) is 0.183. The van der Waals surface area contributed by atoms with Gasteiger partial charge in [0.05, 0.1) is 21.3 Å². The smallest absolute Gasteiger partial charge is 0.331 e. The lowest BCUT2D eigenvalue weighted by Gasteiger charge is -2.09. The lowest BCUT2D eigenvalue weighted by atomic mass is 10.3. The molecule has 23 heavy (non-hydrogen) atoms. The number of ether oxygens (including phenoxy) is 1. The first-order valence-electron chi connectivity index (χ1n) is 6.65. The number of rotatable bonds is 4. The zero-order valence-corrected chi connectivity index (χ0v) is 12.8. The third-order valence-electron chi connectivity index (χ3n) is 3.03. The van der Waals surface area contributed by atoms with Crippen molar-refractivity contribution in [2.75, 3.05) is 0 Å². The molecule has 0 bridgehead atoms. The number of hydrogen-bond acceptors (Lipinski definition) is 5. The highest BCUT2D eigenvalue weighted by molar-refractivity contribution is 6.32. The van der Waals surface area contributed by atoms with Crippen LogP contribution in [0.15, 0.2) is 48.7 Å². The van der Waals surface area contributed by atoms with Gasteiger partial charge in [-0.15, -0.1) is 0 Å². The van der Waals surface area contributed by atoms with E-state index in [2.05, 4.69) is 10.1 Å². The molecule has 0 fully saturated rings. The predicted molar refractivity (Wildman–Crippen MR) is 84.3 cm³/mol. The zero-order valence-electron chi connectivity index (χ0n) is 12.0. The van der Waals surface area contributed by atoms with Crippen LogP contribution in [0.5, 0.6) is 11.8 Å². The van der Waals surface area contributed by atoms with E-state index in [1.165, 1.54) is 23.0 Å². The van der Waals surface area contributed by atoms with Crippen LogP contribution in [-0.2, 0) is 0 Å². The van der Waals surface area contributed by atoms with Gasteiger partial charge in [-0.3, -0.25) is 10.1 Å². The van der Waals surface area contributed by atoms with Crippen LogP contribution in [-0.4, -0.2) is 19.7 Å². The van der Waals surface area contributed by atoms with Crippen LogP contribution in [0.4, 0.5) is 5.69 Å². The molecule has 0 radical (unpaired) electrons. The summed E-state index contributed by atoms with van der Waals surface area (Å²) in [6.07, 6.45) is 1.42. The Hall–Kier alpha value is -2.93. The summed E-state index contributed by atoms with van der Waals surface area (Å²) in [6.45, 7) is 1.78. The highest BCUT2D eigenvalue weighted by atomic mass is 35.5. The van der Waals surface area contributed by atoms with Gasteiger partial charge < -0.3 is 4.74 Å². The van der Waals surface area contributed by atoms with Gasteiger partial charge in [-0.1, -0.05) is 23.7 Å². The minimum atomic E-state index is -0.550. The van der Waals surface area contributed by atoms with Gasteiger partial charge in [-0.2, -0.15) is 9.78 Å². The largest absolute Gasteiger partial charge is 0.414 e. The lowest BCUT2D eigenvalue weighted by molar-refractivity contribution is -0.386. The molecule has 8 heteroatoms. The average Bonchev–Trinajstić information content (AvgIpc) is 2.88. The van der Waals surface area contributed by atoms with Crippen molar-refractivity contribution in [2.24, 2.45) is 0 Å². The molecule has 3 aromatic rings. The normalized spacial score (nSPS) is 10.5. The minimum Gasteiger partial charge on any atom is -0.414 e. The first-order valence-corrected chi connectivity index (χ1v) is 7.03. The maximum absolute atomic E-state index is 11.1. The molecule has 0 aliphatic carbocycles. The number of aromatic nitrogens is 3. The van der Waals surface area contributed by atoms with E-state index in [0.29, 0.717) is 16.4 Å². The molecule has 0 aliphatic heterocycles. The Morgan fingerprint density at radius 3 is 2.78 bits per heavy atom. The maximum Gasteiger partial charge on any atom is 0.331 e. The second-order valence-electron chi connectivity index (χ2n) is 4.67. The quantitative estimate of drug-likeness (QED) is 0.534. The highest BCUT2D eigenvalue weighted by Gasteiger charge is 2.20. The van der Waals surface area contributed by atoms with Gasteiger partial charge in [0.1, 0.15) is 0 Å². The van der Waals surface area contributed by atoms with Gasteiger partial charge in [0.25, 0.3) is 0 Å². The summed E-state index contributed by atoms with van der Waals surface area (Å²) >= 11 is 6.18. The Morgan fingerprint density at radius 2 is 2.04 bits per heavy atom. The van der Waals surface area contributed by atoms with Crippen LogP contribution < -0.4 is 4.74 Å². The molecule has 0 saturated carbocycles. The Labute approximate surface area is 136 Å². The Morgan fingerprint density at radius 1 is 1.26 bits per heavy atom. The predicted octanol–water partition coefficient (Wildman–Crippen LogP) is 3.93. The molecule has 0 atom stereocenters. The van der Waals surface area contributed by atoms with Crippen molar-refractivity contribution in [3.63, 3.8) is 0 Å². The summed E-state index contributed by atoms with van der Waals surface area (Å²) in [4.78, 5) is 14.4. The number of pyridine rings is 1. The van der Waals surface area contributed by atoms with E-state index >= 15 is 0 Å². The molecule has 3 rings (SSSR count). The number of halogens is 1. The van der Waals surface area contributed by atoms with Crippen molar-refractivity contribution in [2.45, 2.75) is 6.92 Å². The molecule has 116 valence electrons. The van der Waals surface area contributed by atoms with Crippen molar-refractivity contribution in [1.82, 2.24) is 14.8 Å². The molecule has 0 N–H and O–H groups in total. The first-order chi connectivity index (χ1) is 11.1. The van der Waals surface area contributed by atoms with Gasteiger partial charge in [0, 0.05) is 18.3 Å². The monoisotopic (exact) mass is 330 g/mol. The topological polar surface area (TPSA) is 83.1 Å². The van der Waals surface area contributed by atoms with E-state index in [0.717, 1.165) is 0 Å². The van der Waals surface area contributed by atoms with Crippen molar-refractivity contribution < 1.29 is 9.66 Å². The van der Waals surface area contributed by atoms with E-state index in [9.17, 15) is 10.1 Å². The lowest BCUT2D eigenvalue weighted by Crippen LogP contribution is -2.02. The molecule has 1 aromatic carbocycles. The molecule has 7 nitrogen and oxygen atoms in total. The molecule has 0 unspecified atom stereocenters. The third kappa shape index (κ3) is 3.00. The van der Waals surface area contributed by atoms with Gasteiger partial charge >= 0.3 is 11.6 Å². The van der Waals surface area contributed by atoms with E-state index in [-0.39, 0.29) is 17.4 Å². The fourth-order valence-corrected chi connectivity index (χ4v) is 2.26. The van der Waals surface area contributed by atoms with Crippen LogP contribution >= 0.6 is 11.6 Å². The number of nitro groups is 1. The Bertz CT molecular complexity index is 879. The number of hydrogen-bond donors (Lipinski definition) is 0. The number of nitrogens with zero attached hydrogens (tertiary/aromatic N) is 4. The fraction of sp³-hybridized carbons (Fsp3) is 0.0667. The summed E-state index contributed by atoms with van der Waals surface area (Å²) in [7, 11) is 0. The van der Waals surface area contributed by atoms with E-state index in [1.807, 2.05) is 6.07 Å². The van der Waals surface area contributed by atoms with Gasteiger partial charge in [-0.25, -0.2) is 4.98 Å². The van der Waals surface area contributed by atoms with Crippen molar-refractivity contribution >= 4 is 17.3 Å². The Kier molecular flexibility index (Phi) is 3.94. The summed E-state index contributed by atoms with van der Waals surface area (Å²) in [6, 6.07) is 11.6. The van der Waals surface area contributed by atoms with Crippen LogP contribution in [0.25, 0.3) is 5.69 Å². The van der Waals surface area contributed by atoms with Crippen LogP contribution in [0, 0.1) is 17.0 Å². The SMILES string of the molecule is Cc1cc(Oc2ncccc2[N+](=O)[O-])n(-c2ccccc2Cl)n1. The molecule has 0 aliphatic rings. The molecule has 0 saturated heterocycles. The van der Waals surface area contributed by atoms with Crippen LogP contribution in [0.1, 0.15) is 5.69 Å². The second kappa shape index (κ2) is 6.05. The van der Waals surface area contributed by atoms with E-state index in [4.69, 9.17) is 16.3 Å². The maximum atomic E-state index is 11.1. The summed E-state index contributed by atoms with van der Waals surface area (Å²) < 4.78 is 7.10. The average molecular weight is 331 g/mol. The third-order valence-corrected chi connectivity index (χ3v) is 3.35. The molecule has 2 aromatic heterocycles. The van der Waals surface area contributed by atoms with E-state index < -0.39 is 4.92 Å². The molecule has 2 heterocycles. The number of benzene rings is 1. The van der Waals surface area contributed by atoms with Crippen molar-refractivity contribution in [3.05, 3.63) is 69.5 Å². The van der Waals surface area contributed by atoms with Gasteiger partial charge in [-0.05, 0) is 25.1 Å². The summed E-state index contributed by atoms with van der Waals surface area (Å²) in [5, 5.41) is 15.9. The van der Waals surface area contributed by atoms with Gasteiger partial charge in [0.2, 0.25) is 5.88 Å². The zero-order chi connectivity index (χ0) is 16.4. The number of aryl methyl sites for hydroxylation is 1. The first kappa shape index (κ1) is 15.0. The van der Waals surface area contributed by atoms with Crippen LogP contribution in [0.2, 0.25) is 5.02 Å². The minimum absolute atomic E-state index is 0.106. The van der Waals surface area contributed by atoms with Crippen molar-refractivity contribution in [1.29, 1.82) is 0 Å². The van der Waals surface area contributed by atoms with E-state index in [1.54, 1.807) is 31.2 Å². The summed E-state index contributed by atoms with van der Waals surface area (Å²) in [5.41, 5.74) is 1.06. The fourth-order valence-electron chi connectivity index (χ4n) is 2.04. The molecule has 0 spiro atoms. The van der Waals surface area contributed by atoms with Crippen LogP contribution in [0.3, 0.4) is 0 Å². The highest BCUT2D eigenvalue weighted by Crippen LogP contribution is 2.31. The van der Waals surface area contributed by atoms with Gasteiger partial charge in [0.15, 0.2) is 0 Å².